The molecular formula is C12H13Cl2NO2. The van der Waals surface area contributed by atoms with Crippen LogP contribution in [0.15, 0.2) is 12.1 Å². The Morgan fingerprint density at radius 2 is 2.12 bits per heavy atom. The Bertz CT molecular complexity index is 462. The molecule has 0 saturated carbocycles. The molecule has 1 saturated heterocycles. The Morgan fingerprint density at radius 3 is 2.71 bits per heavy atom. The van der Waals surface area contributed by atoms with Crippen LogP contribution >= 0.6 is 23.2 Å². The number of carbonyl (C=O) groups excluding carboxylic acids is 1. The van der Waals surface area contributed by atoms with Gasteiger partial charge in [0.25, 0.3) is 0 Å². The van der Waals surface area contributed by atoms with Crippen LogP contribution < -0.4 is 4.90 Å². The van der Waals surface area contributed by atoms with Crippen molar-refractivity contribution in [1.29, 1.82) is 0 Å². The molecule has 1 aliphatic heterocycles. The molecule has 0 bridgehead atoms. The number of aryl methyl sites for hydroxylation is 1. The molecule has 92 valence electrons. The van der Waals surface area contributed by atoms with E-state index in [2.05, 4.69) is 0 Å². The summed E-state index contributed by atoms with van der Waals surface area (Å²) < 4.78 is 0. The number of benzene rings is 1. The molecule has 1 fully saturated rings. The van der Waals surface area contributed by atoms with Crippen LogP contribution in [0.1, 0.15) is 12.0 Å². The van der Waals surface area contributed by atoms with Gasteiger partial charge in [0.05, 0.1) is 10.7 Å². The SMILES string of the molecule is Cc1cc(N2CC(CO)CC2=O)c(Cl)cc1Cl. The van der Waals surface area contributed by atoms with E-state index in [0.717, 1.165) is 5.56 Å². The van der Waals surface area contributed by atoms with E-state index in [9.17, 15) is 4.79 Å². The van der Waals surface area contributed by atoms with Crippen LogP contribution in [0.2, 0.25) is 10.0 Å². The number of halogens is 2. The summed E-state index contributed by atoms with van der Waals surface area (Å²) in [4.78, 5) is 13.4. The molecule has 1 unspecified atom stereocenters. The second kappa shape index (κ2) is 4.84. The third-order valence-electron chi connectivity index (χ3n) is 2.98. The Hall–Kier alpha value is -0.770. The van der Waals surface area contributed by atoms with Crippen molar-refractivity contribution in [2.45, 2.75) is 13.3 Å². The van der Waals surface area contributed by atoms with Gasteiger partial charge in [-0.1, -0.05) is 23.2 Å². The van der Waals surface area contributed by atoms with Crippen molar-refractivity contribution in [1.82, 2.24) is 0 Å². The molecule has 3 nitrogen and oxygen atoms in total. The van der Waals surface area contributed by atoms with Crippen molar-refractivity contribution in [3.05, 3.63) is 27.7 Å². The second-order valence-electron chi connectivity index (χ2n) is 4.31. The third kappa shape index (κ3) is 2.41. The Labute approximate surface area is 110 Å². The van der Waals surface area contributed by atoms with Gasteiger partial charge in [-0.3, -0.25) is 4.79 Å². The van der Waals surface area contributed by atoms with Crippen LogP contribution in [0.5, 0.6) is 0 Å². The number of rotatable bonds is 2. The molecule has 2 rings (SSSR count). The van der Waals surface area contributed by atoms with Gasteiger partial charge in [-0.05, 0) is 24.6 Å². The fraction of sp³-hybridized carbons (Fsp3) is 0.417. The maximum atomic E-state index is 11.8. The monoisotopic (exact) mass is 273 g/mol. The van der Waals surface area contributed by atoms with Crippen molar-refractivity contribution in [3.8, 4) is 0 Å². The fourth-order valence-electron chi connectivity index (χ4n) is 1.99. The highest BCUT2D eigenvalue weighted by atomic mass is 35.5. The lowest BCUT2D eigenvalue weighted by molar-refractivity contribution is -0.117. The number of nitrogens with zero attached hydrogens (tertiary/aromatic N) is 1. The zero-order valence-electron chi connectivity index (χ0n) is 9.41. The largest absolute Gasteiger partial charge is 0.396 e. The summed E-state index contributed by atoms with van der Waals surface area (Å²) in [7, 11) is 0. The van der Waals surface area contributed by atoms with Crippen molar-refractivity contribution >= 4 is 34.8 Å². The minimum Gasteiger partial charge on any atom is -0.396 e. The van der Waals surface area contributed by atoms with E-state index in [1.165, 1.54) is 0 Å². The molecule has 1 aromatic rings. The number of aliphatic hydroxyl groups is 1. The van der Waals surface area contributed by atoms with Crippen molar-refractivity contribution in [3.63, 3.8) is 0 Å². The first-order chi connectivity index (χ1) is 8.02. The van der Waals surface area contributed by atoms with E-state index < -0.39 is 0 Å². The molecule has 1 atom stereocenters. The number of carbonyl (C=O) groups is 1. The Morgan fingerprint density at radius 1 is 1.41 bits per heavy atom. The van der Waals surface area contributed by atoms with Gasteiger partial charge in [-0.25, -0.2) is 0 Å². The van der Waals surface area contributed by atoms with Gasteiger partial charge in [-0.2, -0.15) is 0 Å². The van der Waals surface area contributed by atoms with Crippen molar-refractivity contribution in [2.75, 3.05) is 18.1 Å². The zero-order chi connectivity index (χ0) is 12.6. The van der Waals surface area contributed by atoms with Gasteiger partial charge in [0.1, 0.15) is 0 Å². The van der Waals surface area contributed by atoms with Crippen molar-refractivity contribution < 1.29 is 9.90 Å². The molecule has 1 aliphatic rings. The number of hydrogen-bond acceptors (Lipinski definition) is 2. The van der Waals surface area contributed by atoms with Crippen LogP contribution in [0.3, 0.4) is 0 Å². The van der Waals surface area contributed by atoms with E-state index in [-0.39, 0.29) is 18.4 Å². The summed E-state index contributed by atoms with van der Waals surface area (Å²) in [5.41, 5.74) is 1.56. The lowest BCUT2D eigenvalue weighted by Gasteiger charge is -2.19. The van der Waals surface area contributed by atoms with E-state index in [1.54, 1.807) is 11.0 Å². The number of anilines is 1. The van der Waals surface area contributed by atoms with E-state index in [1.807, 2.05) is 13.0 Å². The quantitative estimate of drug-likeness (QED) is 0.900. The lowest BCUT2D eigenvalue weighted by Crippen LogP contribution is -2.25. The maximum Gasteiger partial charge on any atom is 0.227 e. The average molecular weight is 274 g/mol. The summed E-state index contributed by atoms with van der Waals surface area (Å²) in [6.45, 7) is 2.40. The lowest BCUT2D eigenvalue weighted by atomic mass is 10.1. The predicted octanol–water partition coefficient (Wildman–Crippen LogP) is 2.65. The summed E-state index contributed by atoms with van der Waals surface area (Å²) >= 11 is 12.1. The highest BCUT2D eigenvalue weighted by Crippen LogP contribution is 2.34. The standard InChI is InChI=1S/C12H13Cl2NO2/c1-7-2-11(10(14)4-9(7)13)15-5-8(6-16)3-12(15)17/h2,4,8,16H,3,5-6H2,1H3. The van der Waals surface area contributed by atoms with Crippen LogP contribution in [0, 0.1) is 12.8 Å². The van der Waals surface area contributed by atoms with Crippen LogP contribution in [-0.2, 0) is 4.79 Å². The number of amides is 1. The van der Waals surface area contributed by atoms with E-state index >= 15 is 0 Å². The smallest absolute Gasteiger partial charge is 0.227 e. The fourth-order valence-corrected chi connectivity index (χ4v) is 2.47. The molecule has 0 spiro atoms. The van der Waals surface area contributed by atoms with Crippen LogP contribution in [-0.4, -0.2) is 24.2 Å². The molecule has 0 aliphatic carbocycles. The second-order valence-corrected chi connectivity index (χ2v) is 5.12. The predicted molar refractivity (Wildman–Crippen MR) is 68.7 cm³/mol. The first-order valence-corrected chi connectivity index (χ1v) is 6.15. The highest BCUT2D eigenvalue weighted by molar-refractivity contribution is 6.37. The van der Waals surface area contributed by atoms with Gasteiger partial charge in [0.2, 0.25) is 5.91 Å². The van der Waals surface area contributed by atoms with Gasteiger partial charge in [0, 0.05) is 30.5 Å². The Balaban J connectivity index is 2.35. The molecule has 1 aromatic carbocycles. The zero-order valence-corrected chi connectivity index (χ0v) is 10.9. The highest BCUT2D eigenvalue weighted by Gasteiger charge is 2.31. The topological polar surface area (TPSA) is 40.5 Å². The summed E-state index contributed by atoms with van der Waals surface area (Å²) in [5, 5.41) is 10.1. The van der Waals surface area contributed by atoms with Gasteiger partial charge < -0.3 is 10.0 Å². The van der Waals surface area contributed by atoms with Gasteiger partial charge >= 0.3 is 0 Å². The summed E-state index contributed by atoms with van der Waals surface area (Å²) in [5.74, 6) is -0.0118. The first-order valence-electron chi connectivity index (χ1n) is 5.39. The maximum absolute atomic E-state index is 11.8. The first kappa shape index (κ1) is 12.7. The molecular weight excluding hydrogens is 261 g/mol. The molecule has 1 N–H and O–H groups in total. The van der Waals surface area contributed by atoms with Crippen molar-refractivity contribution in [2.24, 2.45) is 5.92 Å². The molecule has 1 heterocycles. The normalized spacial score (nSPS) is 20.1. The average Bonchev–Trinajstić information content (AvgIpc) is 2.65. The molecule has 0 aromatic heterocycles. The van der Waals surface area contributed by atoms with Gasteiger partial charge in [0.15, 0.2) is 0 Å². The Kier molecular flexibility index (Phi) is 3.61. The van der Waals surface area contributed by atoms with E-state index in [4.69, 9.17) is 28.3 Å². The summed E-state index contributed by atoms with van der Waals surface area (Å²) in [6.07, 6.45) is 0.370. The summed E-state index contributed by atoms with van der Waals surface area (Å²) in [6, 6.07) is 3.45. The van der Waals surface area contributed by atoms with Crippen LogP contribution in [0.25, 0.3) is 0 Å². The van der Waals surface area contributed by atoms with E-state index in [0.29, 0.717) is 28.7 Å². The minimum atomic E-state index is -0.00678. The minimum absolute atomic E-state index is 0.00505. The molecule has 1 amide bonds. The number of hydrogen-bond donors (Lipinski definition) is 1. The molecule has 17 heavy (non-hydrogen) atoms. The number of aliphatic hydroxyl groups excluding tert-OH is 1. The molecule has 0 radical (unpaired) electrons. The molecule has 5 heteroatoms. The third-order valence-corrected chi connectivity index (χ3v) is 3.69. The van der Waals surface area contributed by atoms with Crippen LogP contribution in [0.4, 0.5) is 5.69 Å². The van der Waals surface area contributed by atoms with Gasteiger partial charge in [-0.15, -0.1) is 0 Å².